The number of hydrogen-bond acceptors (Lipinski definition) is 7. The van der Waals surface area contributed by atoms with Crippen LogP contribution in [0.5, 0.6) is 0 Å². The predicted octanol–water partition coefficient (Wildman–Crippen LogP) is -0.812. The molecule has 0 bridgehead atoms. The van der Waals surface area contributed by atoms with Crippen molar-refractivity contribution in [3.05, 3.63) is 12.4 Å². The number of rotatable bonds is 2. The molecule has 0 radical (unpaired) electrons. The van der Waals surface area contributed by atoms with Crippen LogP contribution in [0.4, 0.5) is 10.2 Å². The molecule has 0 amide bonds. The molecule has 102 valence electrons. The van der Waals surface area contributed by atoms with Gasteiger partial charge < -0.3 is 20.7 Å². The van der Waals surface area contributed by atoms with Crippen LogP contribution in [-0.2, 0) is 4.74 Å². The van der Waals surface area contributed by atoms with Gasteiger partial charge in [-0.15, -0.1) is 0 Å². The summed E-state index contributed by atoms with van der Waals surface area (Å²) >= 11 is 0. The van der Waals surface area contributed by atoms with E-state index in [0.29, 0.717) is 0 Å². The number of imidazole rings is 1. The van der Waals surface area contributed by atoms with Gasteiger partial charge in [0.1, 0.15) is 12.3 Å². The van der Waals surface area contributed by atoms with E-state index >= 15 is 0 Å². The molecule has 0 aliphatic carbocycles. The molecule has 2 aromatic rings. The maximum atomic E-state index is 13.2. The first-order valence-corrected chi connectivity index (χ1v) is 5.70. The smallest absolute Gasteiger partial charge is 0.312 e. The van der Waals surface area contributed by atoms with Crippen LogP contribution in [0.25, 0.3) is 11.2 Å². The van der Waals surface area contributed by atoms with E-state index in [-0.39, 0.29) is 30.0 Å². The number of aliphatic hydroxyl groups is 2. The Balaban J connectivity index is 2.02. The van der Waals surface area contributed by atoms with E-state index in [1.165, 1.54) is 10.9 Å². The zero-order valence-corrected chi connectivity index (χ0v) is 9.77. The summed E-state index contributed by atoms with van der Waals surface area (Å²) in [7, 11) is 0. The third-order valence-corrected chi connectivity index (χ3v) is 3.12. The molecule has 1 aliphatic rings. The molecular formula is C10H12FN5O3. The summed E-state index contributed by atoms with van der Waals surface area (Å²) in [5.74, 6) is -0.0569. The van der Waals surface area contributed by atoms with Crippen molar-refractivity contribution in [2.75, 3.05) is 12.3 Å². The van der Waals surface area contributed by atoms with Crippen LogP contribution in [-0.4, -0.2) is 48.5 Å². The van der Waals surface area contributed by atoms with Gasteiger partial charge in [-0.3, -0.25) is 4.57 Å². The molecule has 0 unspecified atom stereocenters. The van der Waals surface area contributed by atoms with Crippen molar-refractivity contribution in [2.24, 2.45) is 0 Å². The first-order valence-electron chi connectivity index (χ1n) is 5.70. The van der Waals surface area contributed by atoms with Crippen LogP contribution < -0.4 is 5.73 Å². The van der Waals surface area contributed by atoms with Gasteiger partial charge in [0.2, 0.25) is 0 Å². The molecule has 1 fully saturated rings. The lowest BCUT2D eigenvalue weighted by Gasteiger charge is -2.13. The largest absolute Gasteiger partial charge is 0.394 e. The van der Waals surface area contributed by atoms with Crippen molar-refractivity contribution >= 4 is 17.0 Å². The fourth-order valence-electron chi connectivity index (χ4n) is 2.17. The van der Waals surface area contributed by atoms with Gasteiger partial charge in [0.05, 0.1) is 19.0 Å². The van der Waals surface area contributed by atoms with E-state index < -0.39 is 24.5 Å². The van der Waals surface area contributed by atoms with Crippen molar-refractivity contribution in [3.63, 3.8) is 0 Å². The Kier molecular flexibility index (Phi) is 2.81. The second-order valence-corrected chi connectivity index (χ2v) is 4.32. The van der Waals surface area contributed by atoms with Crippen molar-refractivity contribution in [1.29, 1.82) is 0 Å². The Morgan fingerprint density at radius 2 is 2.32 bits per heavy atom. The highest BCUT2D eigenvalue weighted by Crippen LogP contribution is 2.31. The van der Waals surface area contributed by atoms with Gasteiger partial charge >= 0.3 is 6.08 Å². The maximum Gasteiger partial charge on any atom is 0.312 e. The fraction of sp³-hybridized carbons (Fsp3) is 0.500. The Bertz CT molecular complexity index is 618. The number of fused-ring (bicyclic) bond motifs is 1. The number of anilines is 1. The van der Waals surface area contributed by atoms with Crippen molar-refractivity contribution < 1.29 is 19.3 Å². The van der Waals surface area contributed by atoms with E-state index in [2.05, 4.69) is 15.0 Å². The Morgan fingerprint density at radius 1 is 1.53 bits per heavy atom. The summed E-state index contributed by atoms with van der Waals surface area (Å²) in [6.07, 6.45) is -1.35. The Labute approximate surface area is 106 Å². The van der Waals surface area contributed by atoms with Crippen LogP contribution in [0.3, 0.4) is 0 Å². The lowest BCUT2D eigenvalue weighted by atomic mass is 10.2. The molecule has 3 atom stereocenters. The van der Waals surface area contributed by atoms with E-state index in [9.17, 15) is 9.50 Å². The SMILES string of the molecule is Nc1nc(F)nc2c1ncn2[C@H]1C[C@H](O)[C@@H](CO)O1. The lowest BCUT2D eigenvalue weighted by molar-refractivity contribution is -0.0432. The molecule has 0 aromatic carbocycles. The first-order chi connectivity index (χ1) is 9.10. The highest BCUT2D eigenvalue weighted by atomic mass is 19.1. The fourth-order valence-corrected chi connectivity index (χ4v) is 2.17. The van der Waals surface area contributed by atoms with E-state index in [1.54, 1.807) is 0 Å². The van der Waals surface area contributed by atoms with Crippen LogP contribution >= 0.6 is 0 Å². The molecule has 2 aromatic heterocycles. The van der Waals surface area contributed by atoms with E-state index in [4.69, 9.17) is 15.6 Å². The Hall–Kier alpha value is -1.84. The predicted molar refractivity (Wildman–Crippen MR) is 61.3 cm³/mol. The molecule has 0 saturated carbocycles. The van der Waals surface area contributed by atoms with Gasteiger partial charge in [-0.2, -0.15) is 14.4 Å². The highest BCUT2D eigenvalue weighted by molar-refractivity contribution is 5.81. The summed E-state index contributed by atoms with van der Waals surface area (Å²) < 4.78 is 20.1. The summed E-state index contributed by atoms with van der Waals surface area (Å²) in [6, 6.07) is 0. The zero-order chi connectivity index (χ0) is 13.6. The molecule has 1 aliphatic heterocycles. The molecule has 8 nitrogen and oxygen atoms in total. The van der Waals surface area contributed by atoms with Crippen molar-refractivity contribution in [3.8, 4) is 0 Å². The first kappa shape index (κ1) is 12.2. The monoisotopic (exact) mass is 269 g/mol. The van der Waals surface area contributed by atoms with Crippen molar-refractivity contribution in [1.82, 2.24) is 19.5 Å². The highest BCUT2D eigenvalue weighted by Gasteiger charge is 2.35. The molecule has 3 rings (SSSR count). The van der Waals surface area contributed by atoms with Crippen LogP contribution in [0.2, 0.25) is 0 Å². The number of nitrogens with two attached hydrogens (primary N) is 1. The van der Waals surface area contributed by atoms with Gasteiger partial charge in [-0.25, -0.2) is 4.98 Å². The van der Waals surface area contributed by atoms with Crippen LogP contribution in [0.1, 0.15) is 12.6 Å². The average Bonchev–Trinajstić information content (AvgIpc) is 2.92. The normalized spacial score (nSPS) is 27.2. The van der Waals surface area contributed by atoms with E-state index in [1.807, 2.05) is 0 Å². The average molecular weight is 269 g/mol. The minimum atomic E-state index is -0.955. The number of nitrogen functional groups attached to an aromatic ring is 1. The second kappa shape index (κ2) is 4.37. The molecule has 4 N–H and O–H groups in total. The third-order valence-electron chi connectivity index (χ3n) is 3.12. The molecule has 1 saturated heterocycles. The molecule has 19 heavy (non-hydrogen) atoms. The quantitative estimate of drug-likeness (QED) is 0.610. The van der Waals surface area contributed by atoms with Crippen LogP contribution in [0, 0.1) is 6.08 Å². The zero-order valence-electron chi connectivity index (χ0n) is 9.77. The molecule has 0 spiro atoms. The van der Waals surface area contributed by atoms with Gasteiger partial charge in [-0.05, 0) is 0 Å². The van der Waals surface area contributed by atoms with Gasteiger partial charge in [0.25, 0.3) is 0 Å². The van der Waals surface area contributed by atoms with Crippen molar-refractivity contribution in [2.45, 2.75) is 24.9 Å². The topological polar surface area (TPSA) is 119 Å². The minimum absolute atomic E-state index is 0.0569. The number of nitrogens with zero attached hydrogens (tertiary/aromatic N) is 4. The maximum absolute atomic E-state index is 13.2. The number of ether oxygens (including phenoxy) is 1. The van der Waals surface area contributed by atoms with Crippen LogP contribution in [0.15, 0.2) is 6.33 Å². The lowest BCUT2D eigenvalue weighted by Crippen LogP contribution is -2.24. The third kappa shape index (κ3) is 1.91. The summed E-state index contributed by atoms with van der Waals surface area (Å²) in [4.78, 5) is 11.0. The number of aliphatic hydroxyl groups excluding tert-OH is 2. The second-order valence-electron chi connectivity index (χ2n) is 4.32. The standard InChI is InChI=1S/C10H12FN5O3/c11-10-14-8(12)7-9(15-10)16(3-13-7)6-1-4(18)5(2-17)19-6/h3-6,17-18H,1-2H2,(H2,12,14,15)/t4-,5+,6+/m0/s1. The molecular weight excluding hydrogens is 257 g/mol. The summed E-state index contributed by atoms with van der Waals surface area (Å²) in [5, 5.41) is 18.7. The van der Waals surface area contributed by atoms with E-state index in [0.717, 1.165) is 0 Å². The summed E-state index contributed by atoms with van der Waals surface area (Å²) in [5.41, 5.74) is 6.02. The number of aromatic nitrogens is 4. The molecule has 9 heteroatoms. The Morgan fingerprint density at radius 3 is 3.00 bits per heavy atom. The van der Waals surface area contributed by atoms with Gasteiger partial charge in [0.15, 0.2) is 17.0 Å². The van der Waals surface area contributed by atoms with Gasteiger partial charge in [-0.1, -0.05) is 0 Å². The summed E-state index contributed by atoms with van der Waals surface area (Å²) in [6.45, 7) is -0.296. The van der Waals surface area contributed by atoms with Gasteiger partial charge in [0, 0.05) is 6.42 Å². The minimum Gasteiger partial charge on any atom is -0.394 e. The number of hydrogen-bond donors (Lipinski definition) is 3. The molecule has 3 heterocycles. The number of halogens is 1.